The van der Waals surface area contributed by atoms with Gasteiger partial charge >= 0.3 is 0 Å². The number of benzene rings is 6. The highest BCUT2D eigenvalue weighted by atomic mass is 32.2. The van der Waals surface area contributed by atoms with Gasteiger partial charge in [-0.25, -0.2) is 0 Å². The van der Waals surface area contributed by atoms with Crippen LogP contribution < -0.4 is 10.7 Å². The molecule has 58 heavy (non-hydrogen) atoms. The number of ketones is 1. The lowest BCUT2D eigenvalue weighted by Gasteiger charge is -2.17. The number of nitrogens with one attached hydrogen (secondary N) is 2. The first kappa shape index (κ1) is 39.4. The average molecular weight is 843 g/mol. The number of aromatic hydroxyl groups is 1. The zero-order valence-electron chi connectivity index (χ0n) is 29.1. The molecule has 0 aromatic heterocycles. The van der Waals surface area contributed by atoms with Crippen molar-refractivity contribution in [3.8, 4) is 5.75 Å². The van der Waals surface area contributed by atoms with Crippen molar-refractivity contribution in [1.29, 1.82) is 0 Å². The van der Waals surface area contributed by atoms with Crippen molar-refractivity contribution in [2.75, 3.05) is 10.7 Å². The van der Waals surface area contributed by atoms with Gasteiger partial charge in [0.15, 0.2) is 5.71 Å². The minimum atomic E-state index is -5.07. The second-order valence-corrected chi connectivity index (χ2v) is 16.6. The molecule has 7 N–H and O–H groups in total. The monoisotopic (exact) mass is 842 g/mol. The highest BCUT2D eigenvalue weighted by Gasteiger charge is 2.33. The van der Waals surface area contributed by atoms with Crippen LogP contribution in [0, 0.1) is 0 Å². The van der Waals surface area contributed by atoms with Crippen LogP contribution in [-0.4, -0.2) is 66.6 Å². The summed E-state index contributed by atoms with van der Waals surface area (Å²) in [4.78, 5) is 15.4. The number of phenolic OH excluding ortho intramolecular Hbond substituents is 1. The number of amidine groups is 1. The number of allylic oxidation sites excluding steroid dienone is 1. The van der Waals surface area contributed by atoms with Crippen LogP contribution in [0.15, 0.2) is 144 Å². The molecule has 0 aliphatic heterocycles. The van der Waals surface area contributed by atoms with Crippen molar-refractivity contribution in [3.05, 3.63) is 125 Å². The minimum Gasteiger partial charge on any atom is -0.507 e. The SMILES string of the molecule is O=C1/C(=N/Nc2ccccc2)C(S(=O)(=O)O)=Cc2cc(NC(O)=Nc3ccc4c(O)cc(N=Nc5ccc6ccc(S(=O)(=O)O)cc6c5)c(S(=O)(=O)O)c4c3)ccc21. The van der Waals surface area contributed by atoms with Gasteiger partial charge in [-0.15, -0.1) is 5.11 Å². The van der Waals surface area contributed by atoms with Crippen molar-refractivity contribution in [2.24, 2.45) is 20.3 Å². The number of azo groups is 1. The molecule has 0 saturated heterocycles. The molecule has 0 saturated carbocycles. The van der Waals surface area contributed by atoms with Gasteiger partial charge in [-0.05, 0) is 95.2 Å². The third-order valence-electron chi connectivity index (χ3n) is 8.53. The summed E-state index contributed by atoms with van der Waals surface area (Å²) in [5.41, 5.74) is 2.16. The van der Waals surface area contributed by atoms with E-state index in [1.807, 2.05) is 0 Å². The number of para-hydroxylation sites is 1. The lowest BCUT2D eigenvalue weighted by Crippen LogP contribution is -2.27. The van der Waals surface area contributed by atoms with Crippen LogP contribution in [-0.2, 0) is 30.4 Å². The number of carbonyl (C=O) groups is 1. The molecular weight excluding hydrogens is 817 g/mol. The molecule has 0 fully saturated rings. The van der Waals surface area contributed by atoms with Crippen LogP contribution in [0.3, 0.4) is 0 Å². The van der Waals surface area contributed by atoms with Crippen molar-refractivity contribution in [2.45, 2.75) is 9.79 Å². The highest BCUT2D eigenvalue weighted by Crippen LogP contribution is 2.41. The van der Waals surface area contributed by atoms with Gasteiger partial charge in [0, 0.05) is 28.1 Å². The van der Waals surface area contributed by atoms with Crippen molar-refractivity contribution < 1.29 is 53.9 Å². The standard InChI is InChI=1S/C37H26N6O12S3/c44-32-19-31(42-41-26-8-6-20-7-11-27(56(47,48)49)16-21(20)14-26)36(58(53,54)55)30-18-25(10-13-29(30)32)39-37(46)38-24-9-12-28-22(15-24)17-33(57(50,51)52)34(35(28)45)43-40-23-4-2-1-3-5-23/h1-19,40,44H,(H2,38,39,46)(H,47,48,49)(H,50,51,52)(H,53,54,55)/b42-41?,43-34+. The summed E-state index contributed by atoms with van der Waals surface area (Å²) in [5, 5.41) is 36.6. The Hall–Kier alpha value is -6.88. The Labute approximate surface area is 328 Å². The van der Waals surface area contributed by atoms with Crippen LogP contribution >= 0.6 is 0 Å². The fourth-order valence-electron chi connectivity index (χ4n) is 5.95. The summed E-state index contributed by atoms with van der Waals surface area (Å²) < 4.78 is 103. The molecule has 0 radical (unpaired) electrons. The number of aliphatic hydroxyl groups is 1. The number of phenols is 1. The number of hydrazone groups is 1. The lowest BCUT2D eigenvalue weighted by molar-refractivity contribution is 0.106. The summed E-state index contributed by atoms with van der Waals surface area (Å²) in [7, 11) is -14.5. The van der Waals surface area contributed by atoms with Crippen molar-refractivity contribution in [1.82, 2.24) is 0 Å². The summed E-state index contributed by atoms with van der Waals surface area (Å²) in [6.07, 6.45) is 1.03. The average Bonchev–Trinajstić information content (AvgIpc) is 3.15. The first-order valence-electron chi connectivity index (χ1n) is 16.4. The van der Waals surface area contributed by atoms with Gasteiger partial charge < -0.3 is 15.5 Å². The Morgan fingerprint density at radius 3 is 2.07 bits per heavy atom. The van der Waals surface area contributed by atoms with E-state index >= 15 is 0 Å². The van der Waals surface area contributed by atoms with Gasteiger partial charge in [-0.2, -0.15) is 40.5 Å². The number of anilines is 2. The molecule has 0 atom stereocenters. The molecule has 6 aromatic rings. The number of rotatable bonds is 9. The molecule has 0 unspecified atom stereocenters. The molecule has 7 rings (SSSR count). The van der Waals surface area contributed by atoms with E-state index in [1.165, 1.54) is 60.7 Å². The molecule has 21 heteroatoms. The first-order chi connectivity index (χ1) is 27.3. The molecule has 0 amide bonds. The Bertz CT molecular complexity index is 3190. The largest absolute Gasteiger partial charge is 0.507 e. The Balaban J connectivity index is 1.20. The smallest absolute Gasteiger partial charge is 0.297 e. The van der Waals surface area contributed by atoms with E-state index in [9.17, 15) is 53.9 Å². The number of carbonyl (C=O) groups excluding carboxylic acids is 1. The fraction of sp³-hybridized carbons (Fsp3) is 0. The Kier molecular flexibility index (Phi) is 10.1. The van der Waals surface area contributed by atoms with Crippen LogP contribution in [0.4, 0.5) is 28.4 Å². The summed E-state index contributed by atoms with van der Waals surface area (Å²) in [6, 6.07) is 24.5. The maximum atomic E-state index is 13.3. The number of hydrogen-bond acceptors (Lipinski definition) is 13. The fourth-order valence-corrected chi connectivity index (χ4v) is 7.93. The zero-order valence-corrected chi connectivity index (χ0v) is 31.5. The molecule has 0 bridgehead atoms. The van der Waals surface area contributed by atoms with E-state index < -0.39 is 69.1 Å². The lowest BCUT2D eigenvalue weighted by atomic mass is 9.94. The topological polar surface area (TPSA) is 294 Å². The maximum absolute atomic E-state index is 13.3. The molecule has 18 nitrogen and oxygen atoms in total. The summed E-state index contributed by atoms with van der Waals surface area (Å²) in [6.45, 7) is 0. The Morgan fingerprint density at radius 2 is 1.36 bits per heavy atom. The van der Waals surface area contributed by atoms with E-state index in [4.69, 9.17) is 0 Å². The number of hydrogen-bond donors (Lipinski definition) is 7. The van der Waals surface area contributed by atoms with Gasteiger partial charge in [0.05, 0.1) is 22.0 Å². The number of aliphatic hydroxyl groups excluding tert-OH is 1. The zero-order chi connectivity index (χ0) is 41.6. The maximum Gasteiger partial charge on any atom is 0.297 e. The third kappa shape index (κ3) is 8.29. The van der Waals surface area contributed by atoms with E-state index in [0.717, 1.165) is 18.2 Å². The van der Waals surface area contributed by atoms with Crippen LogP contribution in [0.2, 0.25) is 0 Å². The highest BCUT2D eigenvalue weighted by molar-refractivity contribution is 7.91. The first-order valence-corrected chi connectivity index (χ1v) is 20.7. The van der Waals surface area contributed by atoms with Gasteiger partial charge in [0.2, 0.25) is 5.78 Å². The van der Waals surface area contributed by atoms with Gasteiger partial charge in [-0.3, -0.25) is 23.9 Å². The predicted molar refractivity (Wildman–Crippen MR) is 215 cm³/mol. The minimum absolute atomic E-state index is 0.0231. The van der Waals surface area contributed by atoms with E-state index in [2.05, 4.69) is 31.1 Å². The van der Waals surface area contributed by atoms with Crippen LogP contribution in [0.5, 0.6) is 5.75 Å². The second kappa shape index (κ2) is 14.9. The molecular formula is C37H26N6O12S3. The normalized spacial score (nSPS) is 14.5. The molecule has 1 aliphatic carbocycles. The Morgan fingerprint density at radius 1 is 0.638 bits per heavy atom. The molecule has 1 aliphatic rings. The van der Waals surface area contributed by atoms with E-state index in [0.29, 0.717) is 16.5 Å². The summed E-state index contributed by atoms with van der Waals surface area (Å²) in [5.74, 6) is -1.28. The van der Waals surface area contributed by atoms with Crippen LogP contribution in [0.1, 0.15) is 15.9 Å². The van der Waals surface area contributed by atoms with Crippen molar-refractivity contribution in [3.63, 3.8) is 0 Å². The van der Waals surface area contributed by atoms with E-state index in [1.54, 1.807) is 36.4 Å². The van der Waals surface area contributed by atoms with Gasteiger partial charge in [0.1, 0.15) is 21.2 Å². The number of aliphatic imine (C=N–C) groups is 1. The predicted octanol–water partition coefficient (Wildman–Crippen LogP) is 7.16. The van der Waals surface area contributed by atoms with Crippen LogP contribution in [0.25, 0.3) is 27.6 Å². The van der Waals surface area contributed by atoms with E-state index in [-0.39, 0.29) is 43.9 Å². The third-order valence-corrected chi connectivity index (χ3v) is 11.2. The number of nitrogens with zero attached hydrogens (tertiary/aromatic N) is 4. The number of Topliss-reactive ketones (excluding diaryl/α,β-unsaturated/α-hetero) is 1. The molecule has 0 spiro atoms. The molecule has 0 heterocycles. The number of fused-ring (bicyclic) bond motifs is 3. The molecule has 6 aromatic carbocycles. The second-order valence-electron chi connectivity index (χ2n) is 12.4. The molecule has 294 valence electrons. The van der Waals surface area contributed by atoms with Gasteiger partial charge in [0.25, 0.3) is 36.4 Å². The van der Waals surface area contributed by atoms with Crippen molar-refractivity contribution >= 4 is 104 Å². The quantitative estimate of drug-likeness (QED) is 0.0250. The summed E-state index contributed by atoms with van der Waals surface area (Å²) >= 11 is 0. The van der Waals surface area contributed by atoms with Gasteiger partial charge in [-0.1, -0.05) is 30.3 Å².